The molecule has 1 aromatic rings. The van der Waals surface area contributed by atoms with Gasteiger partial charge in [-0.05, 0) is 38.3 Å². The lowest BCUT2D eigenvalue weighted by Crippen LogP contribution is -2.64. The maximum Gasteiger partial charge on any atom is 0.328 e. The van der Waals surface area contributed by atoms with E-state index in [4.69, 9.17) is 9.73 Å². The first-order chi connectivity index (χ1) is 14.4. The number of ether oxygens (including phenoxy) is 1. The van der Waals surface area contributed by atoms with Gasteiger partial charge in [-0.3, -0.25) is 14.6 Å². The van der Waals surface area contributed by atoms with Crippen LogP contribution < -0.4 is 0 Å². The van der Waals surface area contributed by atoms with E-state index in [2.05, 4.69) is 4.90 Å². The zero-order chi connectivity index (χ0) is 21.6. The lowest BCUT2D eigenvalue weighted by atomic mass is 10.1. The first kappa shape index (κ1) is 20.4. The summed E-state index contributed by atoms with van der Waals surface area (Å²) in [5.74, 6) is 0.554. The summed E-state index contributed by atoms with van der Waals surface area (Å²) < 4.78 is 5.19. The number of methoxy groups -OCH3 is 1. The van der Waals surface area contributed by atoms with E-state index in [-0.39, 0.29) is 18.5 Å². The molecule has 2 atom stereocenters. The van der Waals surface area contributed by atoms with Crippen LogP contribution in [-0.4, -0.2) is 77.0 Å². The van der Waals surface area contributed by atoms with Crippen molar-refractivity contribution in [1.29, 1.82) is 0 Å². The first-order valence-electron chi connectivity index (χ1n) is 10.3. The van der Waals surface area contributed by atoms with Crippen LogP contribution in [-0.2, 0) is 16.1 Å². The average Bonchev–Trinajstić information content (AvgIpc) is 3.22. The number of guanidine groups is 1. The van der Waals surface area contributed by atoms with Gasteiger partial charge in [-0.15, -0.1) is 0 Å². The Balaban J connectivity index is 1.63. The number of hydrogen-bond donors (Lipinski definition) is 0. The Morgan fingerprint density at radius 3 is 2.50 bits per heavy atom. The Hall–Kier alpha value is -2.87. The smallest absolute Gasteiger partial charge is 0.328 e. The fraction of sp³-hybridized carbons (Fsp3) is 0.500. The van der Waals surface area contributed by atoms with Gasteiger partial charge in [0.1, 0.15) is 0 Å². The topological polar surface area (TPSA) is 68.7 Å². The standard InChI is InChI=1S/C22H29N5O3/c1-14-9-6-7-10-17(14)13-26-20(28)18-19(24(4)22(26)29)23-21-25(11-8-12-30-5)15(2)16(3)27(18)21/h6-7,9-10,18-19H,8,11-13H2,1-5H3. The fourth-order valence-corrected chi connectivity index (χ4v) is 4.42. The fourth-order valence-electron chi connectivity index (χ4n) is 4.42. The van der Waals surface area contributed by atoms with Crippen molar-refractivity contribution in [3.8, 4) is 0 Å². The molecule has 160 valence electrons. The highest BCUT2D eigenvalue weighted by molar-refractivity contribution is 6.05. The van der Waals surface area contributed by atoms with Crippen molar-refractivity contribution in [3.05, 3.63) is 46.8 Å². The minimum absolute atomic E-state index is 0.198. The van der Waals surface area contributed by atoms with Crippen LogP contribution in [0.1, 0.15) is 31.4 Å². The Bertz CT molecular complexity index is 940. The lowest BCUT2D eigenvalue weighted by molar-refractivity contribution is -0.137. The lowest BCUT2D eigenvalue weighted by Gasteiger charge is -2.41. The normalized spacial score (nSPS) is 23.4. The molecule has 0 spiro atoms. The average molecular weight is 412 g/mol. The summed E-state index contributed by atoms with van der Waals surface area (Å²) in [5, 5.41) is 0. The third-order valence-electron chi connectivity index (χ3n) is 6.32. The van der Waals surface area contributed by atoms with E-state index in [0.29, 0.717) is 6.61 Å². The molecule has 0 aromatic heterocycles. The molecule has 0 saturated carbocycles. The summed E-state index contributed by atoms with van der Waals surface area (Å²) in [7, 11) is 3.42. The van der Waals surface area contributed by atoms with E-state index in [1.165, 1.54) is 4.90 Å². The van der Waals surface area contributed by atoms with Crippen LogP contribution >= 0.6 is 0 Å². The van der Waals surface area contributed by atoms with Crippen LogP contribution in [0.3, 0.4) is 0 Å². The van der Waals surface area contributed by atoms with Gasteiger partial charge >= 0.3 is 6.03 Å². The minimum atomic E-state index is -0.533. The highest BCUT2D eigenvalue weighted by Gasteiger charge is 2.55. The Morgan fingerprint density at radius 2 is 1.80 bits per heavy atom. The van der Waals surface area contributed by atoms with Crippen LogP contribution in [0.4, 0.5) is 4.79 Å². The van der Waals surface area contributed by atoms with Gasteiger partial charge in [-0.25, -0.2) is 9.79 Å². The number of nitrogens with zero attached hydrogens (tertiary/aromatic N) is 5. The Morgan fingerprint density at radius 1 is 1.07 bits per heavy atom. The van der Waals surface area contributed by atoms with Gasteiger partial charge in [0, 0.05) is 38.7 Å². The molecule has 8 nitrogen and oxygen atoms in total. The summed E-state index contributed by atoms with van der Waals surface area (Å²) in [6.45, 7) is 7.73. The number of fused-ring (bicyclic) bond motifs is 3. The number of rotatable bonds is 6. The monoisotopic (exact) mass is 411 g/mol. The van der Waals surface area contributed by atoms with Crippen LogP contribution in [0.2, 0.25) is 0 Å². The number of carbonyl (C=O) groups is 2. The number of amides is 3. The van der Waals surface area contributed by atoms with Crippen LogP contribution in [0.25, 0.3) is 0 Å². The van der Waals surface area contributed by atoms with Gasteiger partial charge in [0.05, 0.1) is 6.54 Å². The van der Waals surface area contributed by atoms with Crippen LogP contribution in [0.15, 0.2) is 40.7 Å². The zero-order valence-electron chi connectivity index (χ0n) is 18.3. The molecule has 3 heterocycles. The first-order valence-corrected chi connectivity index (χ1v) is 10.3. The second-order valence-electron chi connectivity index (χ2n) is 8.07. The number of imide groups is 1. The predicted molar refractivity (Wildman–Crippen MR) is 113 cm³/mol. The predicted octanol–water partition coefficient (Wildman–Crippen LogP) is 2.36. The molecule has 0 bridgehead atoms. The summed E-state index contributed by atoms with van der Waals surface area (Å²) in [4.78, 5) is 38.5. The van der Waals surface area contributed by atoms with Gasteiger partial charge in [-0.1, -0.05) is 24.3 Å². The largest absolute Gasteiger partial charge is 0.385 e. The summed E-state index contributed by atoms with van der Waals surface area (Å²) in [6, 6.07) is 7.00. The van der Waals surface area contributed by atoms with E-state index in [0.717, 1.165) is 41.4 Å². The maximum atomic E-state index is 13.5. The van der Waals surface area contributed by atoms with Crippen molar-refractivity contribution >= 4 is 17.9 Å². The molecular formula is C22H29N5O3. The van der Waals surface area contributed by atoms with Crippen molar-refractivity contribution in [3.63, 3.8) is 0 Å². The quantitative estimate of drug-likeness (QED) is 0.672. The highest BCUT2D eigenvalue weighted by Crippen LogP contribution is 2.38. The van der Waals surface area contributed by atoms with Gasteiger partial charge in [0.2, 0.25) is 5.96 Å². The number of benzene rings is 1. The molecule has 30 heavy (non-hydrogen) atoms. The van der Waals surface area contributed by atoms with E-state index >= 15 is 0 Å². The van der Waals surface area contributed by atoms with E-state index in [1.54, 1.807) is 19.1 Å². The third-order valence-corrected chi connectivity index (χ3v) is 6.32. The molecule has 0 aliphatic carbocycles. The van der Waals surface area contributed by atoms with Gasteiger partial charge in [0.15, 0.2) is 12.2 Å². The van der Waals surface area contributed by atoms with Crippen LogP contribution in [0, 0.1) is 6.92 Å². The number of carbonyl (C=O) groups excluding carboxylic acids is 2. The van der Waals surface area contributed by atoms with Crippen molar-refractivity contribution in [2.75, 3.05) is 27.3 Å². The van der Waals surface area contributed by atoms with Crippen LogP contribution in [0.5, 0.6) is 0 Å². The molecule has 3 aliphatic rings. The molecule has 1 fully saturated rings. The van der Waals surface area contributed by atoms with Crippen molar-refractivity contribution in [1.82, 2.24) is 19.6 Å². The second-order valence-corrected chi connectivity index (χ2v) is 8.07. The Kier molecular flexibility index (Phi) is 5.27. The summed E-state index contributed by atoms with van der Waals surface area (Å²) >= 11 is 0. The number of hydrogen-bond acceptors (Lipinski definition) is 6. The number of allylic oxidation sites excluding steroid dienone is 2. The number of aliphatic imine (C=N–C) groups is 1. The van der Waals surface area contributed by atoms with Crippen molar-refractivity contribution < 1.29 is 14.3 Å². The van der Waals surface area contributed by atoms with Gasteiger partial charge in [0.25, 0.3) is 5.91 Å². The molecular weight excluding hydrogens is 382 g/mol. The maximum absolute atomic E-state index is 13.5. The van der Waals surface area contributed by atoms with Crippen molar-refractivity contribution in [2.45, 2.75) is 45.9 Å². The number of aryl methyl sites for hydroxylation is 1. The number of urea groups is 1. The zero-order valence-corrected chi connectivity index (χ0v) is 18.3. The van der Waals surface area contributed by atoms with Crippen molar-refractivity contribution in [2.24, 2.45) is 4.99 Å². The summed E-state index contributed by atoms with van der Waals surface area (Å²) in [5.41, 5.74) is 4.12. The molecule has 4 rings (SSSR count). The summed E-state index contributed by atoms with van der Waals surface area (Å²) in [6.07, 6.45) is 0.340. The molecule has 3 aliphatic heterocycles. The third kappa shape index (κ3) is 3.06. The molecule has 3 amide bonds. The SMILES string of the molecule is COCCCN1C2=NC3C(C(=O)N(Cc4ccccc4C)C(=O)N3C)N2C(C)=C1C. The van der Waals surface area contributed by atoms with Gasteiger partial charge in [-0.2, -0.15) is 0 Å². The minimum Gasteiger partial charge on any atom is -0.385 e. The van der Waals surface area contributed by atoms with E-state index < -0.39 is 12.2 Å². The molecule has 0 radical (unpaired) electrons. The second kappa shape index (κ2) is 7.75. The molecule has 8 heteroatoms. The Labute approximate surface area is 177 Å². The van der Waals surface area contributed by atoms with Gasteiger partial charge < -0.3 is 14.5 Å². The highest BCUT2D eigenvalue weighted by atomic mass is 16.5. The van der Waals surface area contributed by atoms with E-state index in [1.807, 2.05) is 49.9 Å². The molecule has 2 unspecified atom stereocenters. The molecule has 1 aromatic carbocycles. The number of likely N-dealkylation sites (N-methyl/N-ethyl adjacent to an activating group) is 1. The van der Waals surface area contributed by atoms with E-state index in [9.17, 15) is 9.59 Å². The molecule has 0 N–H and O–H groups in total. The molecule has 1 saturated heterocycles.